The van der Waals surface area contributed by atoms with E-state index < -0.39 is 0 Å². The molecule has 0 aliphatic carbocycles. The highest BCUT2D eigenvalue weighted by molar-refractivity contribution is 9.10. The van der Waals surface area contributed by atoms with Gasteiger partial charge >= 0.3 is 0 Å². The van der Waals surface area contributed by atoms with Crippen LogP contribution in [0.1, 0.15) is 16.7 Å². The van der Waals surface area contributed by atoms with Gasteiger partial charge in [0.15, 0.2) is 0 Å². The molecule has 1 N–H and O–H groups in total. The van der Waals surface area contributed by atoms with Gasteiger partial charge in [-0.15, -0.1) is 0 Å². The zero-order valence-corrected chi connectivity index (χ0v) is 13.8. The summed E-state index contributed by atoms with van der Waals surface area (Å²) in [5.41, 5.74) is 7.05. The minimum absolute atomic E-state index is 0.679. The molecule has 1 heterocycles. The Morgan fingerprint density at radius 3 is 2.67 bits per heavy atom. The molecule has 0 radical (unpaired) electrons. The molecule has 2 aromatic rings. The Morgan fingerprint density at radius 2 is 1.95 bits per heavy atom. The van der Waals surface area contributed by atoms with Gasteiger partial charge in [-0.25, -0.2) is 0 Å². The topological polar surface area (TPSA) is 33.6 Å². The first-order valence-electron chi connectivity index (χ1n) is 6.47. The van der Waals surface area contributed by atoms with Crippen LogP contribution in [0.3, 0.4) is 0 Å². The third-order valence-corrected chi connectivity index (χ3v) is 4.10. The van der Waals surface area contributed by atoms with Gasteiger partial charge in [-0.1, -0.05) is 46.3 Å². The Labute approximate surface area is 137 Å². The third kappa shape index (κ3) is 2.99. The number of hydrogen-bond donors (Lipinski definition) is 1. The van der Waals surface area contributed by atoms with Gasteiger partial charge in [0.25, 0.3) is 0 Å². The number of hydrazone groups is 1. The largest absolute Gasteiger partial charge is 0.497 e. The van der Waals surface area contributed by atoms with Crippen molar-refractivity contribution in [1.29, 1.82) is 0 Å². The summed E-state index contributed by atoms with van der Waals surface area (Å²) in [6.45, 7) is 0. The second kappa shape index (κ2) is 5.95. The summed E-state index contributed by atoms with van der Waals surface area (Å²) < 4.78 is 6.37. The highest BCUT2D eigenvalue weighted by Crippen LogP contribution is 2.24. The maximum atomic E-state index is 5.34. The van der Waals surface area contributed by atoms with Gasteiger partial charge in [-0.05, 0) is 29.8 Å². The Morgan fingerprint density at radius 1 is 1.19 bits per heavy atom. The number of thiocarbonyl (C=S) groups is 1. The lowest BCUT2D eigenvalue weighted by molar-refractivity contribution is 0.414. The van der Waals surface area contributed by atoms with E-state index in [1.165, 1.54) is 0 Å². The maximum Gasteiger partial charge on any atom is 0.119 e. The molecule has 3 rings (SSSR count). The summed E-state index contributed by atoms with van der Waals surface area (Å²) >= 11 is 8.75. The summed E-state index contributed by atoms with van der Waals surface area (Å²) in [5.74, 6) is 0.811. The number of methoxy groups -OCH3 is 1. The van der Waals surface area contributed by atoms with Gasteiger partial charge < -0.3 is 4.74 Å². The predicted molar refractivity (Wildman–Crippen MR) is 92.2 cm³/mol. The van der Waals surface area contributed by atoms with Gasteiger partial charge in [0.05, 0.1) is 12.8 Å². The molecule has 0 atom stereocenters. The Kier molecular flexibility index (Phi) is 4.03. The van der Waals surface area contributed by atoms with Crippen LogP contribution < -0.4 is 10.2 Å². The quantitative estimate of drug-likeness (QED) is 0.829. The number of ether oxygens (including phenoxy) is 1. The fourth-order valence-electron chi connectivity index (χ4n) is 2.28. The number of nitrogens with one attached hydrogen (secondary N) is 1. The number of nitrogens with zero attached hydrogens (tertiary/aromatic N) is 1. The molecule has 1 aliphatic rings. The van der Waals surface area contributed by atoms with Crippen LogP contribution in [0.2, 0.25) is 0 Å². The minimum atomic E-state index is 0.679. The standard InChI is InChI=1S/C16H13BrN2OS/c1-20-13-7-4-11-8-15(21)18-19-16(14(11)9-13)10-2-5-12(17)6-3-10/h2-7,9H,8H2,1H3,(H,18,21). The van der Waals surface area contributed by atoms with Crippen LogP contribution in [0.25, 0.3) is 0 Å². The fraction of sp³-hybridized carbons (Fsp3) is 0.125. The first kappa shape index (κ1) is 14.2. The van der Waals surface area contributed by atoms with Crippen LogP contribution in [0.4, 0.5) is 0 Å². The molecule has 0 bridgehead atoms. The van der Waals surface area contributed by atoms with E-state index in [0.717, 1.165) is 32.6 Å². The summed E-state index contributed by atoms with van der Waals surface area (Å²) in [6.07, 6.45) is 0.679. The number of fused-ring (bicyclic) bond motifs is 1. The lowest BCUT2D eigenvalue weighted by Gasteiger charge is -2.11. The van der Waals surface area contributed by atoms with Crippen molar-refractivity contribution in [2.24, 2.45) is 5.10 Å². The molecule has 2 aromatic carbocycles. The van der Waals surface area contributed by atoms with Crippen LogP contribution in [0.5, 0.6) is 5.75 Å². The number of benzene rings is 2. The second-order valence-electron chi connectivity index (χ2n) is 4.70. The number of rotatable bonds is 2. The van der Waals surface area contributed by atoms with E-state index in [2.05, 4.69) is 26.5 Å². The van der Waals surface area contributed by atoms with Crippen molar-refractivity contribution >= 4 is 38.8 Å². The molecular formula is C16H13BrN2OS. The first-order valence-corrected chi connectivity index (χ1v) is 7.67. The molecule has 0 unspecified atom stereocenters. The summed E-state index contributed by atoms with van der Waals surface area (Å²) in [7, 11) is 1.66. The van der Waals surface area contributed by atoms with Crippen molar-refractivity contribution in [1.82, 2.24) is 5.43 Å². The molecule has 0 aromatic heterocycles. The average Bonchev–Trinajstić information content (AvgIpc) is 2.66. The van der Waals surface area contributed by atoms with Gasteiger partial charge in [0, 0.05) is 22.0 Å². The lowest BCUT2D eigenvalue weighted by atomic mass is 9.96. The van der Waals surface area contributed by atoms with Crippen molar-refractivity contribution in [3.8, 4) is 5.75 Å². The summed E-state index contributed by atoms with van der Waals surface area (Å²) in [4.78, 5) is 0.716. The minimum Gasteiger partial charge on any atom is -0.497 e. The molecule has 0 saturated heterocycles. The van der Waals surface area contributed by atoms with Gasteiger partial charge in [0.1, 0.15) is 10.7 Å². The molecule has 106 valence electrons. The molecular weight excluding hydrogens is 348 g/mol. The van der Waals surface area contributed by atoms with E-state index in [4.69, 9.17) is 17.0 Å². The molecule has 1 aliphatic heterocycles. The average molecular weight is 361 g/mol. The maximum absolute atomic E-state index is 5.34. The normalized spacial score (nSPS) is 13.8. The van der Waals surface area contributed by atoms with E-state index in [1.807, 2.05) is 42.5 Å². The van der Waals surface area contributed by atoms with Crippen LogP contribution >= 0.6 is 28.1 Å². The van der Waals surface area contributed by atoms with Crippen LogP contribution in [0, 0.1) is 0 Å². The lowest BCUT2D eigenvalue weighted by Crippen LogP contribution is -2.16. The Hall–Kier alpha value is -1.72. The smallest absolute Gasteiger partial charge is 0.119 e. The van der Waals surface area contributed by atoms with E-state index in [9.17, 15) is 0 Å². The van der Waals surface area contributed by atoms with E-state index in [1.54, 1.807) is 7.11 Å². The molecule has 0 saturated carbocycles. The zero-order valence-electron chi connectivity index (χ0n) is 11.4. The molecule has 0 amide bonds. The highest BCUT2D eigenvalue weighted by Gasteiger charge is 2.17. The molecule has 0 spiro atoms. The molecule has 5 heteroatoms. The predicted octanol–water partition coefficient (Wildman–Crippen LogP) is 3.68. The summed E-state index contributed by atoms with van der Waals surface area (Å²) in [6, 6.07) is 14.1. The van der Waals surface area contributed by atoms with E-state index in [-0.39, 0.29) is 0 Å². The van der Waals surface area contributed by atoms with Crippen molar-refractivity contribution in [3.05, 3.63) is 63.6 Å². The second-order valence-corrected chi connectivity index (χ2v) is 6.11. The van der Waals surface area contributed by atoms with Gasteiger partial charge in [-0.3, -0.25) is 5.43 Å². The van der Waals surface area contributed by atoms with Gasteiger partial charge in [-0.2, -0.15) is 5.10 Å². The molecule has 3 nitrogen and oxygen atoms in total. The van der Waals surface area contributed by atoms with Crippen LogP contribution in [-0.2, 0) is 6.42 Å². The van der Waals surface area contributed by atoms with Crippen molar-refractivity contribution in [2.75, 3.05) is 7.11 Å². The Balaban J connectivity index is 2.16. The number of halogens is 1. The SMILES string of the molecule is COc1ccc2c(c1)C(c1ccc(Br)cc1)=NNC(=S)C2. The fourth-order valence-corrected chi connectivity index (χ4v) is 2.74. The Bertz CT molecular complexity index is 726. The van der Waals surface area contributed by atoms with Crippen molar-refractivity contribution < 1.29 is 4.74 Å². The monoisotopic (exact) mass is 360 g/mol. The highest BCUT2D eigenvalue weighted by atomic mass is 79.9. The first-order chi connectivity index (χ1) is 10.2. The van der Waals surface area contributed by atoms with Crippen LogP contribution in [0.15, 0.2) is 52.0 Å². The third-order valence-electron chi connectivity index (χ3n) is 3.33. The molecule has 0 fully saturated rings. The van der Waals surface area contributed by atoms with Crippen molar-refractivity contribution in [2.45, 2.75) is 6.42 Å². The van der Waals surface area contributed by atoms with Gasteiger partial charge in [0.2, 0.25) is 0 Å². The van der Waals surface area contributed by atoms with Crippen molar-refractivity contribution in [3.63, 3.8) is 0 Å². The van der Waals surface area contributed by atoms with Crippen LogP contribution in [-0.4, -0.2) is 17.8 Å². The van der Waals surface area contributed by atoms with E-state index in [0.29, 0.717) is 11.4 Å². The van der Waals surface area contributed by atoms with E-state index >= 15 is 0 Å². The summed E-state index contributed by atoms with van der Waals surface area (Å²) in [5, 5.41) is 4.48. The molecule has 21 heavy (non-hydrogen) atoms. The zero-order chi connectivity index (χ0) is 14.8. The number of hydrogen-bond acceptors (Lipinski definition) is 3.